The summed E-state index contributed by atoms with van der Waals surface area (Å²) in [4.78, 5) is 104. The average Bonchev–Trinajstić information content (AvgIpc) is 2.93. The lowest BCUT2D eigenvalue weighted by molar-refractivity contribution is -0.150. The maximum Gasteiger partial charge on any atom is 0.323 e. The Morgan fingerprint density at radius 2 is 0.617 bits per heavy atom. The summed E-state index contributed by atoms with van der Waals surface area (Å²) in [6, 6.07) is 0. The highest BCUT2D eigenvalue weighted by molar-refractivity contribution is 5.86. The monoisotopic (exact) mass is 682 g/mol. The number of amides is 3. The molecule has 0 atom stereocenters. The van der Waals surface area contributed by atoms with E-state index < -0.39 is 137 Å². The maximum absolute atomic E-state index is 12.3. The largest absolute Gasteiger partial charge is 0.480 e. The van der Waals surface area contributed by atoms with E-state index >= 15 is 0 Å². The second kappa shape index (κ2) is 21.7. The molecule has 266 valence electrons. The van der Waals surface area contributed by atoms with Crippen molar-refractivity contribution >= 4 is 53.5 Å². The summed E-state index contributed by atoms with van der Waals surface area (Å²) in [5, 5.41) is 53.4. The van der Waals surface area contributed by atoms with Crippen LogP contribution in [0.25, 0.3) is 0 Å². The minimum Gasteiger partial charge on any atom is -0.480 e. The fourth-order valence-corrected chi connectivity index (χ4v) is 3.58. The Bertz CT molecular complexity index is 961. The highest BCUT2D eigenvalue weighted by atomic mass is 16.5. The fraction of sp³-hybridized carbons (Fsp3) is 0.640. The molecule has 0 aliphatic carbocycles. The molecule has 0 aromatic rings. The van der Waals surface area contributed by atoms with Crippen molar-refractivity contribution in [2.75, 3.05) is 78.9 Å². The van der Waals surface area contributed by atoms with Crippen molar-refractivity contribution in [1.29, 1.82) is 0 Å². The molecule has 0 radical (unpaired) electrons. The molecular formula is C25H38N4O18. The number of carbonyl (C=O) groups excluding carboxylic acids is 3. The Balaban J connectivity index is 5.33. The van der Waals surface area contributed by atoms with Crippen LogP contribution >= 0.6 is 0 Å². The Morgan fingerprint density at radius 3 is 0.787 bits per heavy atom. The van der Waals surface area contributed by atoms with Crippen molar-refractivity contribution in [3.8, 4) is 0 Å². The number of ether oxygens (including phenoxy) is 3. The first-order valence-corrected chi connectivity index (χ1v) is 13.5. The highest BCUT2D eigenvalue weighted by Crippen LogP contribution is 2.08. The first kappa shape index (κ1) is 42.1. The molecular weight excluding hydrogens is 644 g/mol. The van der Waals surface area contributed by atoms with Crippen LogP contribution in [0.4, 0.5) is 0 Å². The molecule has 0 saturated carbocycles. The van der Waals surface area contributed by atoms with Crippen LogP contribution in [-0.2, 0) is 57.4 Å². The summed E-state index contributed by atoms with van der Waals surface area (Å²) in [5.74, 6) is -11.3. The molecule has 0 saturated heterocycles. The Morgan fingerprint density at radius 1 is 0.426 bits per heavy atom. The highest BCUT2D eigenvalue weighted by Gasteiger charge is 2.29. The topological polar surface area (TPSA) is 338 Å². The van der Waals surface area contributed by atoms with E-state index in [1.807, 2.05) is 0 Å². The molecule has 47 heavy (non-hydrogen) atoms. The number of carboxylic acids is 6. The Labute approximate surface area is 266 Å². The van der Waals surface area contributed by atoms with Crippen molar-refractivity contribution < 1.29 is 88.0 Å². The summed E-state index contributed by atoms with van der Waals surface area (Å²) in [6.45, 7) is -7.65. The third-order valence-corrected chi connectivity index (χ3v) is 5.56. The van der Waals surface area contributed by atoms with Crippen LogP contribution in [0, 0.1) is 0 Å². The van der Waals surface area contributed by atoms with E-state index in [-0.39, 0.29) is 19.8 Å². The van der Waals surface area contributed by atoms with E-state index in [0.717, 1.165) is 0 Å². The molecule has 0 aliphatic rings. The minimum atomic E-state index is -1.57. The average molecular weight is 683 g/mol. The van der Waals surface area contributed by atoms with Gasteiger partial charge in [0.1, 0.15) is 39.3 Å². The number of aliphatic carboxylic acids is 6. The summed E-state index contributed by atoms with van der Waals surface area (Å²) < 4.78 is 16.2. The van der Waals surface area contributed by atoms with Crippen molar-refractivity contribution in [3.63, 3.8) is 0 Å². The normalized spacial score (nSPS) is 10.9. The zero-order valence-electron chi connectivity index (χ0n) is 25.1. The fourth-order valence-electron chi connectivity index (χ4n) is 3.58. The number of carboxylic acid groups (broad SMARTS) is 6. The van der Waals surface area contributed by atoms with Crippen LogP contribution in [0.2, 0.25) is 0 Å². The number of hydrogen-bond donors (Lipinski definition) is 7. The Hall–Kier alpha value is -4.93. The van der Waals surface area contributed by atoms with Gasteiger partial charge in [0.05, 0.1) is 64.4 Å². The van der Waals surface area contributed by atoms with E-state index in [1.165, 1.54) is 0 Å². The zero-order chi connectivity index (χ0) is 36.2. The molecule has 0 fully saturated rings. The van der Waals surface area contributed by atoms with Gasteiger partial charge in [0.15, 0.2) is 0 Å². The number of nitrogens with two attached hydrogens (primary N) is 1. The lowest BCUT2D eigenvalue weighted by Gasteiger charge is -2.29. The van der Waals surface area contributed by atoms with Gasteiger partial charge in [0, 0.05) is 0 Å². The van der Waals surface area contributed by atoms with Crippen LogP contribution < -0.4 is 5.73 Å². The lowest BCUT2D eigenvalue weighted by Crippen LogP contribution is -2.53. The predicted molar refractivity (Wildman–Crippen MR) is 149 cm³/mol. The predicted octanol–water partition coefficient (Wildman–Crippen LogP) is -4.10. The summed E-state index contributed by atoms with van der Waals surface area (Å²) in [5.41, 5.74) is 4.73. The molecule has 22 nitrogen and oxygen atoms in total. The maximum atomic E-state index is 12.3. The number of rotatable bonds is 27. The van der Waals surface area contributed by atoms with Crippen molar-refractivity contribution in [2.45, 2.75) is 24.8 Å². The van der Waals surface area contributed by atoms with E-state index in [1.54, 1.807) is 0 Å². The van der Waals surface area contributed by atoms with E-state index in [4.69, 9.17) is 50.6 Å². The second-order valence-electron chi connectivity index (χ2n) is 9.88. The van der Waals surface area contributed by atoms with Gasteiger partial charge in [-0.05, 0) is 0 Å². The molecule has 0 bridgehead atoms. The molecule has 22 heteroatoms. The van der Waals surface area contributed by atoms with Crippen LogP contribution in [0.5, 0.6) is 0 Å². The number of hydrogen-bond acceptors (Lipinski definition) is 13. The molecule has 0 spiro atoms. The summed E-state index contributed by atoms with van der Waals surface area (Å²) in [6.07, 6.45) is -1.35. The standard InChI is InChI=1S/C25H38N4O18/c26-25(13-45-4-1-16(30)27(7-19(33)34)8-20(35)36,14-46-5-2-17(31)28(9-21(37)38)10-22(39)40)15-47-6-3-18(32)29(11-23(41)42)12-24(43)44/h1-15,26H2,(H,33,34)(H,35,36)(H,37,38)(H,39,40)(H,41,42)(H,43,44). The van der Waals surface area contributed by atoms with Gasteiger partial charge in [-0.2, -0.15) is 0 Å². The van der Waals surface area contributed by atoms with Gasteiger partial charge in [0.25, 0.3) is 0 Å². The molecule has 8 N–H and O–H groups in total. The summed E-state index contributed by atoms with van der Waals surface area (Å²) in [7, 11) is 0. The van der Waals surface area contributed by atoms with Crippen molar-refractivity contribution in [2.24, 2.45) is 5.73 Å². The van der Waals surface area contributed by atoms with Crippen molar-refractivity contribution in [3.05, 3.63) is 0 Å². The van der Waals surface area contributed by atoms with Gasteiger partial charge in [-0.25, -0.2) is 0 Å². The molecule has 0 aromatic carbocycles. The molecule has 0 aromatic heterocycles. The molecule has 0 unspecified atom stereocenters. The van der Waals surface area contributed by atoms with Crippen LogP contribution in [0.1, 0.15) is 19.3 Å². The van der Waals surface area contributed by atoms with Gasteiger partial charge < -0.3 is 65.3 Å². The van der Waals surface area contributed by atoms with Gasteiger partial charge in [0.2, 0.25) is 17.7 Å². The quantitative estimate of drug-likeness (QED) is 0.0405. The van der Waals surface area contributed by atoms with E-state index in [9.17, 15) is 43.2 Å². The van der Waals surface area contributed by atoms with Gasteiger partial charge in [-0.15, -0.1) is 0 Å². The smallest absolute Gasteiger partial charge is 0.323 e. The zero-order valence-corrected chi connectivity index (χ0v) is 25.1. The molecule has 3 amide bonds. The Kier molecular flexibility index (Phi) is 19.5. The third kappa shape index (κ3) is 20.7. The number of carbonyl (C=O) groups is 9. The van der Waals surface area contributed by atoms with E-state index in [0.29, 0.717) is 14.7 Å². The van der Waals surface area contributed by atoms with Gasteiger partial charge >= 0.3 is 35.8 Å². The molecule has 0 rings (SSSR count). The van der Waals surface area contributed by atoms with E-state index in [2.05, 4.69) is 0 Å². The third-order valence-electron chi connectivity index (χ3n) is 5.56. The van der Waals surface area contributed by atoms with Crippen LogP contribution in [-0.4, -0.2) is 183 Å². The molecule has 0 heterocycles. The van der Waals surface area contributed by atoms with Crippen LogP contribution in [0.15, 0.2) is 0 Å². The van der Waals surface area contributed by atoms with Gasteiger partial charge in [-0.1, -0.05) is 0 Å². The minimum absolute atomic E-state index is 0.372. The second-order valence-corrected chi connectivity index (χ2v) is 9.88. The number of nitrogens with zero attached hydrogens (tertiary/aromatic N) is 3. The molecule has 0 aliphatic heterocycles. The van der Waals surface area contributed by atoms with Gasteiger partial charge in [-0.3, -0.25) is 43.2 Å². The van der Waals surface area contributed by atoms with Crippen LogP contribution in [0.3, 0.4) is 0 Å². The first-order valence-electron chi connectivity index (χ1n) is 13.5. The van der Waals surface area contributed by atoms with Crippen molar-refractivity contribution in [1.82, 2.24) is 14.7 Å². The summed E-state index contributed by atoms with van der Waals surface area (Å²) >= 11 is 0. The first-order chi connectivity index (χ1) is 21.8. The lowest BCUT2D eigenvalue weighted by atomic mass is 10.1. The SMILES string of the molecule is NC(COCCC(=O)N(CC(=O)O)CC(=O)O)(COCCC(=O)N(CC(=O)O)CC(=O)O)COCCC(=O)N(CC(=O)O)CC(=O)O.